The highest BCUT2D eigenvalue weighted by atomic mass is 32.1. The molecule has 5 nitrogen and oxygen atoms in total. The van der Waals surface area contributed by atoms with Crippen molar-refractivity contribution in [2.75, 3.05) is 6.61 Å². The van der Waals surface area contributed by atoms with Crippen LogP contribution < -0.4 is 4.80 Å². The van der Waals surface area contributed by atoms with Crippen LogP contribution in [0.2, 0.25) is 0 Å². The van der Waals surface area contributed by atoms with E-state index in [9.17, 15) is 23.2 Å². The average Bonchev–Trinajstić information content (AvgIpc) is 3.31. The molecule has 0 bridgehead atoms. The maximum Gasteiger partial charge on any atom is 0.416 e. The molecule has 1 aliphatic rings. The topological polar surface area (TPSA) is 67.4 Å². The van der Waals surface area contributed by atoms with E-state index < -0.39 is 17.6 Å². The van der Waals surface area contributed by atoms with E-state index >= 15 is 0 Å². The Morgan fingerprint density at radius 1 is 1.37 bits per heavy atom. The third-order valence-electron chi connectivity index (χ3n) is 4.78. The van der Waals surface area contributed by atoms with Crippen molar-refractivity contribution in [2.45, 2.75) is 57.9 Å². The second kappa shape index (κ2) is 8.36. The van der Waals surface area contributed by atoms with Crippen LogP contribution in [0.4, 0.5) is 13.2 Å². The number of hydrogen-bond acceptors (Lipinski definition) is 4. The first kappa shape index (κ1) is 22.2. The number of nitrogens with zero attached hydrogens (tertiary/aromatic N) is 3. The molecule has 1 amide bonds. The van der Waals surface area contributed by atoms with E-state index in [0.29, 0.717) is 24.0 Å². The number of rotatable bonds is 3. The SMILES string of the molecule is CC(C)(C)c1cn(C[C@H]2CCCO2)/c(=N/C(=O)c2cc(C(F)(F)F)ccc2C#N)s1. The van der Waals surface area contributed by atoms with Crippen LogP contribution in [0.15, 0.2) is 29.4 Å². The molecule has 1 saturated heterocycles. The normalized spacial score (nSPS) is 17.9. The summed E-state index contributed by atoms with van der Waals surface area (Å²) >= 11 is 1.31. The van der Waals surface area contributed by atoms with Gasteiger partial charge in [-0.2, -0.15) is 23.4 Å². The van der Waals surface area contributed by atoms with Crippen molar-refractivity contribution in [3.05, 3.63) is 50.8 Å². The fourth-order valence-electron chi connectivity index (χ4n) is 3.09. The highest BCUT2D eigenvalue weighted by Crippen LogP contribution is 2.31. The number of aromatic nitrogens is 1. The number of carbonyl (C=O) groups is 1. The Kier molecular flexibility index (Phi) is 6.20. The van der Waals surface area contributed by atoms with E-state index in [4.69, 9.17) is 4.74 Å². The molecule has 2 aromatic rings. The molecule has 30 heavy (non-hydrogen) atoms. The molecule has 0 N–H and O–H groups in total. The van der Waals surface area contributed by atoms with Gasteiger partial charge in [-0.1, -0.05) is 20.8 Å². The maximum absolute atomic E-state index is 13.1. The van der Waals surface area contributed by atoms with Crippen LogP contribution in [0.1, 0.15) is 60.0 Å². The number of hydrogen-bond donors (Lipinski definition) is 0. The van der Waals surface area contributed by atoms with Crippen LogP contribution in [0.25, 0.3) is 0 Å². The molecular weight excluding hydrogens is 415 g/mol. The number of thiazole rings is 1. The molecular formula is C21H22F3N3O2S. The summed E-state index contributed by atoms with van der Waals surface area (Å²) in [5.74, 6) is -0.874. The van der Waals surface area contributed by atoms with Gasteiger partial charge in [0.05, 0.1) is 35.4 Å². The second-order valence-corrected chi connectivity index (χ2v) is 9.21. The van der Waals surface area contributed by atoms with Crippen molar-refractivity contribution in [3.63, 3.8) is 0 Å². The molecule has 0 unspecified atom stereocenters. The van der Waals surface area contributed by atoms with Crippen molar-refractivity contribution >= 4 is 17.2 Å². The molecule has 0 saturated carbocycles. The summed E-state index contributed by atoms with van der Waals surface area (Å²) in [6.07, 6.45) is -0.846. The zero-order valence-corrected chi connectivity index (χ0v) is 17.7. The Bertz CT molecular complexity index is 1050. The number of benzene rings is 1. The zero-order valence-electron chi connectivity index (χ0n) is 16.9. The van der Waals surface area contributed by atoms with Gasteiger partial charge in [0.15, 0.2) is 4.80 Å². The Balaban J connectivity index is 2.06. The summed E-state index contributed by atoms with van der Waals surface area (Å²) in [6, 6.07) is 4.25. The minimum absolute atomic E-state index is 0.00435. The van der Waals surface area contributed by atoms with E-state index in [2.05, 4.69) is 4.99 Å². The second-order valence-electron chi connectivity index (χ2n) is 8.20. The molecule has 0 aliphatic carbocycles. The van der Waals surface area contributed by atoms with Crippen LogP contribution >= 0.6 is 11.3 Å². The summed E-state index contributed by atoms with van der Waals surface area (Å²) < 4.78 is 46.7. The fourth-order valence-corrected chi connectivity index (χ4v) is 4.15. The zero-order chi connectivity index (χ0) is 22.1. The molecule has 1 aromatic heterocycles. The Labute approximate surface area is 176 Å². The molecule has 160 valence electrons. The summed E-state index contributed by atoms with van der Waals surface area (Å²) in [4.78, 5) is 18.3. The molecule has 3 rings (SSSR count). The molecule has 1 aliphatic heterocycles. The highest BCUT2D eigenvalue weighted by molar-refractivity contribution is 7.09. The molecule has 0 radical (unpaired) electrons. The van der Waals surface area contributed by atoms with Crippen molar-refractivity contribution < 1.29 is 22.7 Å². The van der Waals surface area contributed by atoms with Gasteiger partial charge in [-0.15, -0.1) is 11.3 Å². The first-order valence-corrected chi connectivity index (χ1v) is 10.3. The van der Waals surface area contributed by atoms with Gasteiger partial charge >= 0.3 is 6.18 Å². The fraction of sp³-hybridized carbons (Fsp3) is 0.476. The largest absolute Gasteiger partial charge is 0.416 e. The van der Waals surface area contributed by atoms with Crippen molar-refractivity contribution in [1.82, 2.24) is 4.57 Å². The summed E-state index contributed by atoms with van der Waals surface area (Å²) in [6.45, 7) is 7.28. The van der Waals surface area contributed by atoms with E-state index in [0.717, 1.165) is 29.9 Å². The van der Waals surface area contributed by atoms with Gasteiger partial charge in [0, 0.05) is 17.7 Å². The molecule has 9 heteroatoms. The summed E-state index contributed by atoms with van der Waals surface area (Å²) in [5.41, 5.74) is -1.68. The molecule has 1 fully saturated rings. The lowest BCUT2D eigenvalue weighted by Crippen LogP contribution is -2.23. The van der Waals surface area contributed by atoms with E-state index in [-0.39, 0.29) is 22.6 Å². The highest BCUT2D eigenvalue weighted by Gasteiger charge is 2.32. The quantitative estimate of drug-likeness (QED) is 0.702. The minimum atomic E-state index is -4.62. The van der Waals surface area contributed by atoms with Crippen molar-refractivity contribution in [1.29, 1.82) is 5.26 Å². The first-order valence-electron chi connectivity index (χ1n) is 9.52. The van der Waals surface area contributed by atoms with E-state index in [1.54, 1.807) is 6.07 Å². The van der Waals surface area contributed by atoms with Crippen molar-refractivity contribution in [3.8, 4) is 6.07 Å². The van der Waals surface area contributed by atoms with Gasteiger partial charge in [0.1, 0.15) is 0 Å². The number of carbonyl (C=O) groups excluding carboxylic acids is 1. The van der Waals surface area contributed by atoms with E-state index in [1.165, 1.54) is 11.3 Å². The third kappa shape index (κ3) is 4.99. The lowest BCUT2D eigenvalue weighted by atomic mass is 9.95. The predicted octanol–water partition coefficient (Wildman–Crippen LogP) is 4.66. The van der Waals surface area contributed by atoms with E-state index in [1.807, 2.05) is 31.5 Å². The van der Waals surface area contributed by atoms with Gasteiger partial charge in [-0.3, -0.25) is 4.79 Å². The van der Waals surface area contributed by atoms with Gasteiger partial charge in [-0.25, -0.2) is 0 Å². The Morgan fingerprint density at radius 3 is 2.67 bits per heavy atom. The smallest absolute Gasteiger partial charge is 0.376 e. The Hall–Kier alpha value is -2.44. The lowest BCUT2D eigenvalue weighted by molar-refractivity contribution is -0.137. The number of alkyl halides is 3. The van der Waals surface area contributed by atoms with Gasteiger partial charge in [0.25, 0.3) is 5.91 Å². The molecule has 2 heterocycles. The number of halogens is 3. The van der Waals surface area contributed by atoms with Crippen LogP contribution in [-0.4, -0.2) is 23.2 Å². The van der Waals surface area contributed by atoms with Gasteiger partial charge < -0.3 is 9.30 Å². The number of amides is 1. The first-order chi connectivity index (χ1) is 14.0. The number of nitriles is 1. The summed E-state index contributed by atoms with van der Waals surface area (Å²) in [7, 11) is 0. The molecule has 1 atom stereocenters. The van der Waals surface area contributed by atoms with Crippen LogP contribution in [-0.2, 0) is 22.9 Å². The molecule has 0 spiro atoms. The minimum Gasteiger partial charge on any atom is -0.376 e. The molecule has 1 aromatic carbocycles. The lowest BCUT2D eigenvalue weighted by Gasteiger charge is -2.15. The number of ether oxygens (including phenoxy) is 1. The van der Waals surface area contributed by atoms with Gasteiger partial charge in [0.2, 0.25) is 0 Å². The average molecular weight is 437 g/mol. The standard InChI is InChI=1S/C21H22F3N3O2S/c1-20(2,3)17-12-27(11-15-5-4-8-29-15)19(30-17)26-18(28)16-9-14(21(22,23)24)7-6-13(16)10-25/h6-7,9,12,15H,4-5,8,11H2,1-3H3/b26-19-/t15-/m1/s1. The van der Waals surface area contributed by atoms with Crippen molar-refractivity contribution in [2.24, 2.45) is 4.99 Å². The summed E-state index contributed by atoms with van der Waals surface area (Å²) in [5, 5.41) is 9.24. The maximum atomic E-state index is 13.1. The van der Waals surface area contributed by atoms with Gasteiger partial charge in [-0.05, 0) is 36.5 Å². The monoisotopic (exact) mass is 437 g/mol. The predicted molar refractivity (Wildman–Crippen MR) is 106 cm³/mol. The Morgan fingerprint density at radius 2 is 2.10 bits per heavy atom. The van der Waals surface area contributed by atoms with Crippen LogP contribution in [0, 0.1) is 11.3 Å². The third-order valence-corrected chi connectivity index (χ3v) is 6.22. The van der Waals surface area contributed by atoms with Crippen LogP contribution in [0.3, 0.4) is 0 Å². The van der Waals surface area contributed by atoms with Crippen LogP contribution in [0.5, 0.6) is 0 Å².